The molecule has 1 aromatic rings. The van der Waals surface area contributed by atoms with Crippen LogP contribution in [0.4, 0.5) is 0 Å². The second-order valence-electron chi connectivity index (χ2n) is 3.89. The number of carboxylic acids is 1. The maximum atomic E-state index is 10.7. The maximum absolute atomic E-state index is 10.7. The Morgan fingerprint density at radius 3 is 2.40 bits per heavy atom. The average Bonchev–Trinajstić information content (AvgIpc) is 2.17. The molecule has 4 nitrogen and oxygen atoms in total. The van der Waals surface area contributed by atoms with E-state index < -0.39 is 11.5 Å². The lowest BCUT2D eigenvalue weighted by molar-refractivity contribution is -0.142. The van der Waals surface area contributed by atoms with Crippen LogP contribution in [0.1, 0.15) is 18.9 Å². The van der Waals surface area contributed by atoms with E-state index in [-0.39, 0.29) is 5.75 Å². The Balaban J connectivity index is 2.57. The Morgan fingerprint density at radius 2 is 1.93 bits per heavy atom. The molecule has 0 aliphatic rings. The summed E-state index contributed by atoms with van der Waals surface area (Å²) in [6.07, 6.45) is 0.951. The first-order chi connectivity index (χ1) is 6.92. The third kappa shape index (κ3) is 3.25. The molecule has 0 aliphatic heterocycles. The first-order valence-electron chi connectivity index (χ1n) is 4.72. The highest BCUT2D eigenvalue weighted by molar-refractivity contribution is 5.77. The van der Waals surface area contributed by atoms with Crippen molar-refractivity contribution >= 4 is 5.97 Å². The number of rotatable bonds is 4. The van der Waals surface area contributed by atoms with E-state index in [0.717, 1.165) is 5.56 Å². The molecule has 1 atom stereocenters. The second-order valence-corrected chi connectivity index (χ2v) is 3.89. The highest BCUT2D eigenvalue weighted by Crippen LogP contribution is 2.15. The van der Waals surface area contributed by atoms with Gasteiger partial charge in [0.2, 0.25) is 0 Å². The first kappa shape index (κ1) is 11.5. The van der Waals surface area contributed by atoms with E-state index in [4.69, 9.17) is 15.9 Å². The zero-order chi connectivity index (χ0) is 11.5. The molecule has 0 heterocycles. The molecular formula is C11H15NO3. The van der Waals surface area contributed by atoms with Crippen molar-refractivity contribution in [3.05, 3.63) is 29.8 Å². The van der Waals surface area contributed by atoms with Crippen molar-refractivity contribution in [1.82, 2.24) is 0 Å². The molecule has 0 bridgehead atoms. The van der Waals surface area contributed by atoms with E-state index in [1.807, 2.05) is 0 Å². The quantitative estimate of drug-likeness (QED) is 0.694. The number of aryl methyl sites for hydroxylation is 1. The predicted octanol–water partition coefficient (Wildman–Crippen LogP) is 1.13. The van der Waals surface area contributed by atoms with E-state index in [1.54, 1.807) is 24.3 Å². The minimum atomic E-state index is -1.20. The Hall–Kier alpha value is -1.55. The van der Waals surface area contributed by atoms with Gasteiger partial charge in [0.25, 0.3) is 0 Å². The number of aliphatic carboxylic acids is 1. The third-order valence-electron chi connectivity index (χ3n) is 2.36. The third-order valence-corrected chi connectivity index (χ3v) is 2.36. The molecule has 0 amide bonds. The Bertz CT molecular complexity index is 343. The van der Waals surface area contributed by atoms with E-state index in [0.29, 0.717) is 12.8 Å². The van der Waals surface area contributed by atoms with E-state index >= 15 is 0 Å². The summed E-state index contributed by atoms with van der Waals surface area (Å²) < 4.78 is 0. The van der Waals surface area contributed by atoms with Gasteiger partial charge in [0.1, 0.15) is 11.3 Å². The minimum Gasteiger partial charge on any atom is -0.508 e. The first-order valence-corrected chi connectivity index (χ1v) is 4.72. The van der Waals surface area contributed by atoms with Crippen LogP contribution in [0.2, 0.25) is 0 Å². The Kier molecular flexibility index (Phi) is 3.31. The van der Waals surface area contributed by atoms with Crippen LogP contribution >= 0.6 is 0 Å². The monoisotopic (exact) mass is 209 g/mol. The lowest BCUT2D eigenvalue weighted by Crippen LogP contribution is -2.45. The number of aromatic hydroxyl groups is 1. The molecular weight excluding hydrogens is 194 g/mol. The Labute approximate surface area is 88.3 Å². The van der Waals surface area contributed by atoms with E-state index in [1.165, 1.54) is 6.92 Å². The number of phenolic OH excluding ortho intramolecular Hbond substituents is 1. The SMILES string of the molecule is C[C@](N)(CCc1ccc(O)cc1)C(=O)O. The minimum absolute atomic E-state index is 0.201. The summed E-state index contributed by atoms with van der Waals surface area (Å²) in [7, 11) is 0. The van der Waals surface area contributed by atoms with Gasteiger partial charge in [-0.3, -0.25) is 4.79 Å². The molecule has 0 radical (unpaired) electrons. The molecule has 4 N–H and O–H groups in total. The van der Waals surface area contributed by atoms with Crippen molar-refractivity contribution in [2.75, 3.05) is 0 Å². The maximum Gasteiger partial charge on any atom is 0.323 e. The molecule has 0 unspecified atom stereocenters. The summed E-state index contributed by atoms with van der Waals surface area (Å²) in [6, 6.07) is 6.66. The largest absolute Gasteiger partial charge is 0.508 e. The zero-order valence-electron chi connectivity index (χ0n) is 8.60. The normalized spacial score (nSPS) is 14.5. The van der Waals surface area contributed by atoms with Crippen molar-refractivity contribution in [1.29, 1.82) is 0 Å². The van der Waals surface area contributed by atoms with Crippen LogP contribution in [0.3, 0.4) is 0 Å². The molecule has 0 fully saturated rings. The number of carbonyl (C=O) groups is 1. The number of hydrogen-bond donors (Lipinski definition) is 3. The average molecular weight is 209 g/mol. The molecule has 82 valence electrons. The zero-order valence-corrected chi connectivity index (χ0v) is 8.60. The van der Waals surface area contributed by atoms with Gasteiger partial charge < -0.3 is 15.9 Å². The van der Waals surface area contributed by atoms with Crippen LogP contribution in [-0.4, -0.2) is 21.7 Å². The predicted molar refractivity (Wildman–Crippen MR) is 56.7 cm³/mol. The van der Waals surface area contributed by atoms with Crippen molar-refractivity contribution in [2.45, 2.75) is 25.3 Å². The van der Waals surface area contributed by atoms with Crippen LogP contribution in [-0.2, 0) is 11.2 Å². The summed E-state index contributed by atoms with van der Waals surface area (Å²) >= 11 is 0. The van der Waals surface area contributed by atoms with Crippen molar-refractivity contribution < 1.29 is 15.0 Å². The van der Waals surface area contributed by atoms with Gasteiger partial charge >= 0.3 is 5.97 Å². The molecule has 4 heteroatoms. The molecule has 15 heavy (non-hydrogen) atoms. The number of benzene rings is 1. The van der Waals surface area contributed by atoms with Gasteiger partial charge in [-0.2, -0.15) is 0 Å². The number of phenols is 1. The van der Waals surface area contributed by atoms with Crippen molar-refractivity contribution in [3.63, 3.8) is 0 Å². The lowest BCUT2D eigenvalue weighted by Gasteiger charge is -2.18. The summed E-state index contributed by atoms with van der Waals surface area (Å²) in [5.41, 5.74) is 5.36. The molecule has 0 spiro atoms. The van der Waals surface area contributed by atoms with E-state index in [9.17, 15) is 4.79 Å². The molecule has 1 rings (SSSR count). The van der Waals surface area contributed by atoms with Gasteiger partial charge in [-0.1, -0.05) is 12.1 Å². The Morgan fingerprint density at radius 1 is 1.40 bits per heavy atom. The highest BCUT2D eigenvalue weighted by Gasteiger charge is 2.26. The fourth-order valence-electron chi connectivity index (χ4n) is 1.17. The highest BCUT2D eigenvalue weighted by atomic mass is 16.4. The summed E-state index contributed by atoms with van der Waals surface area (Å²) in [4.78, 5) is 10.7. The molecule has 1 aromatic carbocycles. The van der Waals surface area contributed by atoms with Gasteiger partial charge in [0.05, 0.1) is 0 Å². The van der Waals surface area contributed by atoms with Gasteiger partial charge in [-0.25, -0.2) is 0 Å². The number of nitrogens with two attached hydrogens (primary N) is 1. The van der Waals surface area contributed by atoms with Gasteiger partial charge in [-0.05, 0) is 37.5 Å². The topological polar surface area (TPSA) is 83.5 Å². The van der Waals surface area contributed by atoms with Crippen LogP contribution in [0.15, 0.2) is 24.3 Å². The standard InChI is InChI=1S/C11H15NO3/c1-11(12,10(14)15)7-6-8-2-4-9(13)5-3-8/h2-5,13H,6-7,12H2,1H3,(H,14,15)/t11-/m0/s1. The smallest absolute Gasteiger partial charge is 0.323 e. The number of hydrogen-bond acceptors (Lipinski definition) is 3. The van der Waals surface area contributed by atoms with Gasteiger partial charge in [0, 0.05) is 0 Å². The summed E-state index contributed by atoms with van der Waals surface area (Å²) in [5, 5.41) is 17.9. The van der Waals surface area contributed by atoms with Crippen LogP contribution < -0.4 is 5.73 Å². The molecule has 0 aromatic heterocycles. The van der Waals surface area contributed by atoms with Crippen LogP contribution in [0, 0.1) is 0 Å². The van der Waals surface area contributed by atoms with Crippen molar-refractivity contribution in [3.8, 4) is 5.75 Å². The summed E-state index contributed by atoms with van der Waals surface area (Å²) in [6.45, 7) is 1.50. The molecule has 0 saturated heterocycles. The fourth-order valence-corrected chi connectivity index (χ4v) is 1.17. The van der Waals surface area contributed by atoms with Crippen LogP contribution in [0.25, 0.3) is 0 Å². The second kappa shape index (κ2) is 4.31. The van der Waals surface area contributed by atoms with Crippen molar-refractivity contribution in [2.24, 2.45) is 5.73 Å². The van der Waals surface area contributed by atoms with Gasteiger partial charge in [0.15, 0.2) is 0 Å². The molecule has 0 aliphatic carbocycles. The van der Waals surface area contributed by atoms with E-state index in [2.05, 4.69) is 0 Å². The fraction of sp³-hybridized carbons (Fsp3) is 0.364. The lowest BCUT2D eigenvalue weighted by atomic mass is 9.94. The summed E-state index contributed by atoms with van der Waals surface area (Å²) in [5.74, 6) is -0.797. The van der Waals surface area contributed by atoms with Crippen LogP contribution in [0.5, 0.6) is 5.75 Å². The molecule has 0 saturated carbocycles. The van der Waals surface area contributed by atoms with Gasteiger partial charge in [-0.15, -0.1) is 0 Å². The number of carboxylic acid groups (broad SMARTS) is 1.